The second kappa shape index (κ2) is 7.54. The molecule has 0 aromatic carbocycles. The molecule has 1 aliphatic heterocycles. The van der Waals surface area contributed by atoms with Gasteiger partial charge in [-0.05, 0) is 20.5 Å². The Labute approximate surface area is 141 Å². The Hall–Kier alpha value is -2.26. The number of rotatable bonds is 7. The number of ether oxygens (including phenoxy) is 1. The third-order valence-electron chi connectivity index (χ3n) is 4.15. The molecular formula is C15H24N8O. The standard InChI is InChI=1S/C15H24N8O/c1-22(2)8-12-4-13(24-3)9-23(12)15-5-14(17-10-18-15)16-6-11-7-19-21-20-11/h5,7,10,12-13H,4,6,8-9H2,1-3H3,(H,16,17,18)(H,19,20,21)/t12-,13-/m0/s1. The van der Waals surface area contributed by atoms with Crippen molar-refractivity contribution in [1.82, 2.24) is 30.3 Å². The van der Waals surface area contributed by atoms with Crippen molar-refractivity contribution < 1.29 is 4.74 Å². The van der Waals surface area contributed by atoms with Crippen molar-refractivity contribution in [3.05, 3.63) is 24.3 Å². The van der Waals surface area contributed by atoms with Gasteiger partial charge in [0.25, 0.3) is 0 Å². The predicted octanol–water partition coefficient (Wildman–Crippen LogP) is 0.362. The monoisotopic (exact) mass is 332 g/mol. The van der Waals surface area contributed by atoms with Gasteiger partial charge in [-0.25, -0.2) is 9.97 Å². The van der Waals surface area contributed by atoms with Gasteiger partial charge < -0.3 is 19.9 Å². The normalized spacial score (nSPS) is 20.8. The van der Waals surface area contributed by atoms with Crippen molar-refractivity contribution in [3.8, 4) is 0 Å². The number of methoxy groups -OCH3 is 1. The molecule has 2 aromatic rings. The quantitative estimate of drug-likeness (QED) is 0.750. The van der Waals surface area contributed by atoms with Gasteiger partial charge in [-0.3, -0.25) is 0 Å². The molecule has 1 fully saturated rings. The minimum Gasteiger partial charge on any atom is -0.380 e. The van der Waals surface area contributed by atoms with Crippen molar-refractivity contribution >= 4 is 11.6 Å². The Morgan fingerprint density at radius 2 is 2.29 bits per heavy atom. The summed E-state index contributed by atoms with van der Waals surface area (Å²) in [5, 5.41) is 13.7. The van der Waals surface area contributed by atoms with Crippen LogP contribution in [0.4, 0.5) is 11.6 Å². The lowest BCUT2D eigenvalue weighted by Crippen LogP contribution is -2.38. The summed E-state index contributed by atoms with van der Waals surface area (Å²) in [7, 11) is 5.94. The first-order valence-electron chi connectivity index (χ1n) is 8.00. The molecule has 24 heavy (non-hydrogen) atoms. The van der Waals surface area contributed by atoms with Gasteiger partial charge in [0.2, 0.25) is 0 Å². The Morgan fingerprint density at radius 1 is 1.42 bits per heavy atom. The lowest BCUT2D eigenvalue weighted by molar-refractivity contribution is 0.117. The molecule has 0 bridgehead atoms. The summed E-state index contributed by atoms with van der Waals surface area (Å²) in [6.07, 6.45) is 4.51. The molecule has 9 heteroatoms. The molecule has 2 aromatic heterocycles. The molecule has 3 rings (SSSR count). The summed E-state index contributed by atoms with van der Waals surface area (Å²) in [4.78, 5) is 13.2. The minimum absolute atomic E-state index is 0.233. The van der Waals surface area contributed by atoms with Crippen molar-refractivity contribution in [1.29, 1.82) is 0 Å². The molecule has 9 nitrogen and oxygen atoms in total. The van der Waals surface area contributed by atoms with Crippen LogP contribution in [0.2, 0.25) is 0 Å². The fourth-order valence-corrected chi connectivity index (χ4v) is 3.01. The molecule has 2 atom stereocenters. The van der Waals surface area contributed by atoms with Gasteiger partial charge in [-0.2, -0.15) is 15.4 Å². The summed E-state index contributed by atoms with van der Waals surface area (Å²) in [5.41, 5.74) is 0.835. The molecule has 130 valence electrons. The molecule has 0 amide bonds. The molecule has 0 spiro atoms. The van der Waals surface area contributed by atoms with Gasteiger partial charge in [0, 0.05) is 32.3 Å². The molecule has 1 aliphatic rings. The maximum atomic E-state index is 5.56. The summed E-state index contributed by atoms with van der Waals surface area (Å²) in [6.45, 7) is 2.37. The van der Waals surface area contributed by atoms with Gasteiger partial charge in [0.1, 0.15) is 23.7 Å². The van der Waals surface area contributed by atoms with E-state index in [1.165, 1.54) is 0 Å². The zero-order valence-corrected chi connectivity index (χ0v) is 14.3. The Morgan fingerprint density at radius 3 is 3.00 bits per heavy atom. The Balaban J connectivity index is 1.71. The second-order valence-electron chi connectivity index (χ2n) is 6.24. The zero-order valence-electron chi connectivity index (χ0n) is 14.3. The van der Waals surface area contributed by atoms with Crippen LogP contribution in [0.25, 0.3) is 0 Å². The number of nitrogens with one attached hydrogen (secondary N) is 2. The molecule has 0 radical (unpaired) electrons. The van der Waals surface area contributed by atoms with Crippen LogP contribution < -0.4 is 10.2 Å². The number of aromatic amines is 1. The summed E-state index contributed by atoms with van der Waals surface area (Å²) in [6, 6.07) is 2.35. The molecule has 3 heterocycles. The largest absolute Gasteiger partial charge is 0.380 e. The maximum Gasteiger partial charge on any atom is 0.134 e. The van der Waals surface area contributed by atoms with Crippen molar-refractivity contribution in [2.75, 3.05) is 44.5 Å². The first-order chi connectivity index (χ1) is 11.7. The summed E-state index contributed by atoms with van der Waals surface area (Å²) < 4.78 is 5.56. The first-order valence-corrected chi connectivity index (χ1v) is 8.00. The van der Waals surface area contributed by atoms with Crippen LogP contribution in [0.5, 0.6) is 0 Å². The van der Waals surface area contributed by atoms with Gasteiger partial charge in [-0.1, -0.05) is 0 Å². The van der Waals surface area contributed by atoms with Crippen LogP contribution in [0.1, 0.15) is 12.1 Å². The van der Waals surface area contributed by atoms with Gasteiger partial charge in [0.05, 0.1) is 18.8 Å². The van der Waals surface area contributed by atoms with Crippen molar-refractivity contribution in [2.24, 2.45) is 0 Å². The van der Waals surface area contributed by atoms with Gasteiger partial charge >= 0.3 is 0 Å². The third-order valence-corrected chi connectivity index (χ3v) is 4.15. The van der Waals surface area contributed by atoms with E-state index in [-0.39, 0.29) is 6.10 Å². The summed E-state index contributed by atoms with van der Waals surface area (Å²) >= 11 is 0. The molecule has 2 N–H and O–H groups in total. The lowest BCUT2D eigenvalue weighted by Gasteiger charge is -2.27. The van der Waals surface area contributed by atoms with E-state index in [4.69, 9.17) is 4.74 Å². The summed E-state index contributed by atoms with van der Waals surface area (Å²) in [5.74, 6) is 1.69. The number of H-pyrrole nitrogens is 1. The zero-order chi connectivity index (χ0) is 16.9. The molecule has 0 unspecified atom stereocenters. The highest BCUT2D eigenvalue weighted by Gasteiger charge is 2.33. The van der Waals surface area contributed by atoms with E-state index in [0.29, 0.717) is 12.6 Å². The minimum atomic E-state index is 0.233. The van der Waals surface area contributed by atoms with Crippen LogP contribution in [0.3, 0.4) is 0 Å². The van der Waals surface area contributed by atoms with E-state index in [0.717, 1.165) is 36.8 Å². The molecule has 0 aliphatic carbocycles. The van der Waals surface area contributed by atoms with E-state index in [1.54, 1.807) is 19.6 Å². The number of aromatic nitrogens is 5. The maximum absolute atomic E-state index is 5.56. The predicted molar refractivity (Wildman–Crippen MR) is 90.8 cm³/mol. The lowest BCUT2D eigenvalue weighted by atomic mass is 10.2. The molecule has 1 saturated heterocycles. The highest BCUT2D eigenvalue weighted by molar-refractivity contribution is 5.50. The topological polar surface area (TPSA) is 95.1 Å². The number of anilines is 2. The molecular weight excluding hydrogens is 308 g/mol. The van der Waals surface area contributed by atoms with Crippen LogP contribution in [-0.2, 0) is 11.3 Å². The fraction of sp³-hybridized carbons (Fsp3) is 0.600. The van der Waals surface area contributed by atoms with E-state index in [9.17, 15) is 0 Å². The van der Waals surface area contributed by atoms with Gasteiger partial charge in [-0.15, -0.1) is 0 Å². The fourth-order valence-electron chi connectivity index (χ4n) is 3.01. The highest BCUT2D eigenvalue weighted by atomic mass is 16.5. The molecule has 0 saturated carbocycles. The van der Waals surface area contributed by atoms with Crippen LogP contribution in [0.15, 0.2) is 18.6 Å². The van der Waals surface area contributed by atoms with Gasteiger partial charge in [0.15, 0.2) is 0 Å². The van der Waals surface area contributed by atoms with E-state index in [1.807, 2.05) is 6.07 Å². The van der Waals surface area contributed by atoms with Crippen LogP contribution >= 0.6 is 0 Å². The van der Waals surface area contributed by atoms with E-state index in [2.05, 4.69) is 54.6 Å². The first kappa shape index (κ1) is 16.6. The average molecular weight is 332 g/mol. The number of hydrogen-bond donors (Lipinski definition) is 2. The number of likely N-dealkylation sites (N-methyl/N-ethyl adjacent to an activating group) is 1. The SMILES string of the molecule is CO[C@H]1C[C@@H](CN(C)C)N(c2cc(NCc3cn[nH]n3)ncn2)C1. The van der Waals surface area contributed by atoms with E-state index < -0.39 is 0 Å². The van der Waals surface area contributed by atoms with Crippen LogP contribution in [0, 0.1) is 0 Å². The Kier molecular flexibility index (Phi) is 5.21. The Bertz CT molecular complexity index is 632. The number of hydrogen-bond acceptors (Lipinski definition) is 8. The average Bonchev–Trinajstić information content (AvgIpc) is 3.22. The van der Waals surface area contributed by atoms with Crippen molar-refractivity contribution in [2.45, 2.75) is 25.1 Å². The highest BCUT2D eigenvalue weighted by Crippen LogP contribution is 2.27. The third kappa shape index (κ3) is 3.98. The van der Waals surface area contributed by atoms with E-state index >= 15 is 0 Å². The second-order valence-corrected chi connectivity index (χ2v) is 6.24. The number of nitrogens with zero attached hydrogens (tertiary/aromatic N) is 6. The van der Waals surface area contributed by atoms with Crippen LogP contribution in [-0.4, -0.2) is 76.7 Å². The van der Waals surface area contributed by atoms with Crippen molar-refractivity contribution in [3.63, 3.8) is 0 Å². The smallest absolute Gasteiger partial charge is 0.134 e.